The third kappa shape index (κ3) is 3.63. The van der Waals surface area contributed by atoms with Gasteiger partial charge in [-0.1, -0.05) is 24.3 Å². The van der Waals surface area contributed by atoms with Gasteiger partial charge in [0.15, 0.2) is 0 Å². The SMILES string of the molecule is O=C(N[C@H]1CC[C@@H](C(=O)O)C1)c1cccc(CN2C(=O)c3ccccc3C2=O)c1. The fourth-order valence-electron chi connectivity index (χ4n) is 3.98. The molecule has 2 aromatic rings. The molecule has 2 atom stereocenters. The number of rotatable bonds is 5. The minimum Gasteiger partial charge on any atom is -0.481 e. The highest BCUT2D eigenvalue weighted by atomic mass is 16.4. The molecule has 4 rings (SSSR count). The first kappa shape index (κ1) is 18.9. The van der Waals surface area contributed by atoms with Gasteiger partial charge in [0.05, 0.1) is 23.6 Å². The second-order valence-corrected chi connectivity index (χ2v) is 7.46. The fraction of sp³-hybridized carbons (Fsp3) is 0.273. The summed E-state index contributed by atoms with van der Waals surface area (Å²) in [5.74, 6) is -2.22. The van der Waals surface area contributed by atoms with Crippen molar-refractivity contribution in [3.05, 3.63) is 70.8 Å². The van der Waals surface area contributed by atoms with Gasteiger partial charge >= 0.3 is 5.97 Å². The number of fused-ring (bicyclic) bond motifs is 1. The number of carboxylic acid groups (broad SMARTS) is 1. The highest BCUT2D eigenvalue weighted by Gasteiger charge is 2.35. The van der Waals surface area contributed by atoms with E-state index in [9.17, 15) is 19.2 Å². The Morgan fingerprint density at radius 3 is 2.31 bits per heavy atom. The maximum atomic E-state index is 12.6. The molecule has 0 radical (unpaired) electrons. The van der Waals surface area contributed by atoms with Crippen LogP contribution in [0.3, 0.4) is 0 Å². The summed E-state index contributed by atoms with van der Waals surface area (Å²) in [4.78, 5) is 49.9. The zero-order valence-electron chi connectivity index (χ0n) is 15.6. The number of benzene rings is 2. The summed E-state index contributed by atoms with van der Waals surface area (Å²) in [5.41, 5.74) is 1.86. The van der Waals surface area contributed by atoms with Gasteiger partial charge in [-0.25, -0.2) is 0 Å². The molecule has 0 spiro atoms. The summed E-state index contributed by atoms with van der Waals surface area (Å²) >= 11 is 0. The van der Waals surface area contributed by atoms with Crippen LogP contribution in [-0.2, 0) is 11.3 Å². The van der Waals surface area contributed by atoms with Crippen molar-refractivity contribution in [2.45, 2.75) is 31.8 Å². The fourth-order valence-corrected chi connectivity index (χ4v) is 3.98. The Bertz CT molecular complexity index is 981. The molecule has 2 N–H and O–H groups in total. The van der Waals surface area contributed by atoms with Gasteiger partial charge in [-0.05, 0) is 49.1 Å². The second-order valence-electron chi connectivity index (χ2n) is 7.46. The molecular formula is C22H20N2O5. The number of hydrogen-bond acceptors (Lipinski definition) is 4. The summed E-state index contributed by atoms with van der Waals surface area (Å²) in [6, 6.07) is 13.3. The first-order chi connectivity index (χ1) is 13.9. The molecule has 3 amide bonds. The number of hydrogen-bond donors (Lipinski definition) is 2. The molecule has 0 aromatic heterocycles. The lowest BCUT2D eigenvalue weighted by molar-refractivity contribution is -0.141. The molecule has 1 aliphatic heterocycles. The minimum atomic E-state index is -0.829. The molecule has 1 fully saturated rings. The molecule has 0 saturated heterocycles. The first-order valence-electron chi connectivity index (χ1n) is 9.52. The lowest BCUT2D eigenvalue weighted by Crippen LogP contribution is -2.33. The Hall–Kier alpha value is -3.48. The van der Waals surface area contributed by atoms with E-state index in [2.05, 4.69) is 5.32 Å². The third-order valence-electron chi connectivity index (χ3n) is 5.53. The standard InChI is InChI=1S/C22H20N2O5/c25-19(23-16-9-8-15(11-16)22(28)29)14-5-3-4-13(10-14)12-24-20(26)17-6-1-2-7-18(17)21(24)27/h1-7,10,15-16H,8-9,11-12H2,(H,23,25)(H,28,29)/t15-,16+/m1/s1. The quantitative estimate of drug-likeness (QED) is 0.761. The molecular weight excluding hydrogens is 372 g/mol. The van der Waals surface area contributed by atoms with Gasteiger partial charge in [0.1, 0.15) is 0 Å². The minimum absolute atomic E-state index is 0.0813. The Morgan fingerprint density at radius 2 is 1.69 bits per heavy atom. The molecule has 29 heavy (non-hydrogen) atoms. The van der Waals surface area contributed by atoms with E-state index in [1.165, 1.54) is 4.90 Å². The summed E-state index contributed by atoms with van der Waals surface area (Å²) in [5, 5.41) is 12.0. The highest BCUT2D eigenvalue weighted by molar-refractivity contribution is 6.21. The van der Waals surface area contributed by atoms with Crippen LogP contribution in [0.2, 0.25) is 0 Å². The average Bonchev–Trinajstić information content (AvgIpc) is 3.28. The largest absolute Gasteiger partial charge is 0.481 e. The van der Waals surface area contributed by atoms with Gasteiger partial charge in [0, 0.05) is 11.6 Å². The maximum Gasteiger partial charge on any atom is 0.306 e. The van der Waals surface area contributed by atoms with Crippen LogP contribution in [0.15, 0.2) is 48.5 Å². The number of nitrogens with zero attached hydrogens (tertiary/aromatic N) is 1. The number of carboxylic acids is 1. The Labute approximate surface area is 167 Å². The Kier molecular flexibility index (Phi) is 4.88. The highest BCUT2D eigenvalue weighted by Crippen LogP contribution is 2.26. The third-order valence-corrected chi connectivity index (χ3v) is 5.53. The van der Waals surface area contributed by atoms with Crippen molar-refractivity contribution >= 4 is 23.7 Å². The predicted octanol–water partition coefficient (Wildman–Crippen LogP) is 2.47. The topological polar surface area (TPSA) is 104 Å². The molecule has 7 heteroatoms. The molecule has 1 saturated carbocycles. The number of amides is 3. The van der Waals surface area contributed by atoms with E-state index in [4.69, 9.17) is 5.11 Å². The molecule has 0 unspecified atom stereocenters. The lowest BCUT2D eigenvalue weighted by atomic mass is 10.1. The van der Waals surface area contributed by atoms with Crippen LogP contribution in [-0.4, -0.2) is 39.7 Å². The van der Waals surface area contributed by atoms with Gasteiger partial charge in [-0.2, -0.15) is 0 Å². The lowest BCUT2D eigenvalue weighted by Gasteiger charge is -2.16. The van der Waals surface area contributed by atoms with E-state index < -0.39 is 11.9 Å². The molecule has 7 nitrogen and oxygen atoms in total. The van der Waals surface area contributed by atoms with Gasteiger partial charge < -0.3 is 10.4 Å². The van der Waals surface area contributed by atoms with Crippen molar-refractivity contribution in [2.75, 3.05) is 0 Å². The van der Waals surface area contributed by atoms with Crippen LogP contribution >= 0.6 is 0 Å². The zero-order chi connectivity index (χ0) is 20.5. The number of carbonyl (C=O) groups is 4. The number of nitrogens with one attached hydrogen (secondary N) is 1. The van der Waals surface area contributed by atoms with E-state index >= 15 is 0 Å². The predicted molar refractivity (Wildman–Crippen MR) is 103 cm³/mol. The average molecular weight is 392 g/mol. The van der Waals surface area contributed by atoms with Crippen molar-refractivity contribution in [2.24, 2.45) is 5.92 Å². The van der Waals surface area contributed by atoms with E-state index in [0.717, 1.165) is 0 Å². The van der Waals surface area contributed by atoms with Gasteiger partial charge in [0.2, 0.25) is 0 Å². The number of imide groups is 1. The summed E-state index contributed by atoms with van der Waals surface area (Å²) in [6.07, 6.45) is 1.62. The van der Waals surface area contributed by atoms with Crippen molar-refractivity contribution in [3.63, 3.8) is 0 Å². The van der Waals surface area contributed by atoms with Crippen LogP contribution < -0.4 is 5.32 Å². The molecule has 1 heterocycles. The molecule has 148 valence electrons. The van der Waals surface area contributed by atoms with Crippen molar-refractivity contribution in [1.29, 1.82) is 0 Å². The van der Waals surface area contributed by atoms with Crippen molar-refractivity contribution < 1.29 is 24.3 Å². The van der Waals surface area contributed by atoms with Crippen LogP contribution in [0.4, 0.5) is 0 Å². The van der Waals surface area contributed by atoms with Crippen molar-refractivity contribution in [3.8, 4) is 0 Å². The smallest absolute Gasteiger partial charge is 0.306 e. The van der Waals surface area contributed by atoms with E-state index in [1.54, 1.807) is 48.5 Å². The van der Waals surface area contributed by atoms with Crippen LogP contribution in [0.25, 0.3) is 0 Å². The summed E-state index contributed by atoms with van der Waals surface area (Å²) < 4.78 is 0. The normalized spacial score (nSPS) is 20.6. The molecule has 2 aliphatic rings. The summed E-state index contributed by atoms with van der Waals surface area (Å²) in [6.45, 7) is 0.0813. The maximum absolute atomic E-state index is 12.6. The number of aliphatic carboxylic acids is 1. The Morgan fingerprint density at radius 1 is 1.00 bits per heavy atom. The second kappa shape index (κ2) is 7.50. The molecule has 1 aliphatic carbocycles. The van der Waals surface area contributed by atoms with Gasteiger partial charge in [-0.15, -0.1) is 0 Å². The van der Waals surface area contributed by atoms with Crippen LogP contribution in [0.1, 0.15) is 55.9 Å². The van der Waals surface area contributed by atoms with E-state index in [1.807, 2.05) is 0 Å². The van der Waals surface area contributed by atoms with Crippen LogP contribution in [0, 0.1) is 5.92 Å². The monoisotopic (exact) mass is 392 g/mol. The first-order valence-corrected chi connectivity index (χ1v) is 9.52. The number of carbonyl (C=O) groups excluding carboxylic acids is 3. The van der Waals surface area contributed by atoms with E-state index in [-0.39, 0.29) is 30.3 Å². The van der Waals surface area contributed by atoms with Gasteiger partial charge in [-0.3, -0.25) is 24.1 Å². The zero-order valence-corrected chi connectivity index (χ0v) is 15.6. The summed E-state index contributed by atoms with van der Waals surface area (Å²) in [7, 11) is 0. The van der Waals surface area contributed by atoms with Crippen LogP contribution in [0.5, 0.6) is 0 Å². The van der Waals surface area contributed by atoms with E-state index in [0.29, 0.717) is 41.5 Å². The molecule has 2 aromatic carbocycles. The van der Waals surface area contributed by atoms with Crippen molar-refractivity contribution in [1.82, 2.24) is 10.2 Å². The Balaban J connectivity index is 1.44. The molecule has 0 bridgehead atoms. The van der Waals surface area contributed by atoms with Gasteiger partial charge in [0.25, 0.3) is 17.7 Å².